The van der Waals surface area contributed by atoms with Crippen molar-refractivity contribution < 1.29 is 4.74 Å². The first-order valence-electron chi connectivity index (χ1n) is 8.97. The van der Waals surface area contributed by atoms with Gasteiger partial charge in [0.15, 0.2) is 0 Å². The third-order valence-electron chi connectivity index (χ3n) is 4.80. The van der Waals surface area contributed by atoms with Crippen molar-refractivity contribution in [3.05, 3.63) is 69.7 Å². The van der Waals surface area contributed by atoms with E-state index in [2.05, 4.69) is 52.0 Å². The molecule has 2 aromatic rings. The molecule has 0 fully saturated rings. The molecule has 3 heteroatoms. The Bertz CT molecular complexity index is 575. The molecule has 2 rings (SSSR count). The van der Waals surface area contributed by atoms with E-state index in [0.717, 1.165) is 23.3 Å². The smallest absolute Gasteiger partial charge is 0.0537 e. The first-order chi connectivity index (χ1) is 11.9. The van der Waals surface area contributed by atoms with Gasteiger partial charge in [-0.15, -0.1) is 0 Å². The summed E-state index contributed by atoms with van der Waals surface area (Å²) in [4.78, 5) is 0. The van der Waals surface area contributed by atoms with Crippen LogP contribution in [0.1, 0.15) is 50.7 Å². The Balaban J connectivity index is 2.01. The molecule has 0 aromatic heterocycles. The van der Waals surface area contributed by atoms with Crippen molar-refractivity contribution in [1.29, 1.82) is 0 Å². The summed E-state index contributed by atoms with van der Waals surface area (Å²) in [7, 11) is 0. The molecule has 2 atom stereocenters. The fraction of sp³-hybridized carbons (Fsp3) is 0.455. The van der Waals surface area contributed by atoms with Gasteiger partial charge in [-0.3, -0.25) is 0 Å². The van der Waals surface area contributed by atoms with Gasteiger partial charge in [0.25, 0.3) is 0 Å². The van der Waals surface area contributed by atoms with Crippen molar-refractivity contribution in [1.82, 2.24) is 0 Å². The molecule has 0 aliphatic rings. The zero-order valence-corrected chi connectivity index (χ0v) is 17.0. The predicted molar refractivity (Wildman–Crippen MR) is 109 cm³/mol. The Kier molecular flexibility index (Phi) is 7.81. The molecule has 0 aliphatic carbocycles. The molecule has 25 heavy (non-hydrogen) atoms. The molecule has 0 saturated heterocycles. The van der Waals surface area contributed by atoms with Gasteiger partial charge < -0.3 is 4.74 Å². The fourth-order valence-corrected chi connectivity index (χ4v) is 3.34. The van der Waals surface area contributed by atoms with Crippen LogP contribution in [0.15, 0.2) is 48.5 Å². The summed E-state index contributed by atoms with van der Waals surface area (Å²) in [5.74, 6) is 1.76. The number of ether oxygens (including phenoxy) is 1. The summed E-state index contributed by atoms with van der Waals surface area (Å²) in [6.07, 6.45) is 0. The van der Waals surface area contributed by atoms with Crippen LogP contribution in [-0.2, 0) is 4.74 Å². The van der Waals surface area contributed by atoms with Crippen molar-refractivity contribution >= 4 is 23.2 Å². The minimum Gasteiger partial charge on any atom is -0.380 e. The third kappa shape index (κ3) is 6.02. The van der Waals surface area contributed by atoms with E-state index in [1.807, 2.05) is 24.3 Å². The van der Waals surface area contributed by atoms with E-state index in [9.17, 15) is 0 Å². The molecule has 0 bridgehead atoms. The predicted octanol–water partition coefficient (Wildman–Crippen LogP) is 7.19. The highest BCUT2D eigenvalue weighted by molar-refractivity contribution is 6.30. The van der Waals surface area contributed by atoms with Crippen molar-refractivity contribution in [2.24, 2.45) is 11.8 Å². The molecule has 0 radical (unpaired) electrons. The van der Waals surface area contributed by atoms with E-state index in [1.165, 1.54) is 11.1 Å². The summed E-state index contributed by atoms with van der Waals surface area (Å²) in [6.45, 7) is 10.4. The molecule has 0 spiro atoms. The van der Waals surface area contributed by atoms with E-state index in [-0.39, 0.29) is 0 Å². The van der Waals surface area contributed by atoms with Crippen molar-refractivity contribution in [2.45, 2.75) is 39.5 Å². The molecule has 2 unspecified atom stereocenters. The standard InChI is InChI=1S/C22H28Cl2O/c1-15(2)21(17-5-9-19(23)10-6-17)13-25-14-22(16(3)4)18-7-11-20(24)12-8-18/h5-12,15-16,21-22H,13-14H2,1-4H3. The quantitative estimate of drug-likeness (QED) is 0.472. The van der Waals surface area contributed by atoms with Gasteiger partial charge in [0, 0.05) is 21.9 Å². The van der Waals surface area contributed by atoms with Crippen LogP contribution in [0.5, 0.6) is 0 Å². The maximum atomic E-state index is 6.18. The average Bonchev–Trinajstić information content (AvgIpc) is 2.57. The lowest BCUT2D eigenvalue weighted by Crippen LogP contribution is -2.19. The van der Waals surface area contributed by atoms with Crippen molar-refractivity contribution in [3.8, 4) is 0 Å². The summed E-state index contributed by atoms with van der Waals surface area (Å²) < 4.78 is 6.18. The summed E-state index contributed by atoms with van der Waals surface area (Å²) in [6, 6.07) is 16.2. The average molecular weight is 379 g/mol. The zero-order chi connectivity index (χ0) is 18.4. The van der Waals surface area contributed by atoms with Gasteiger partial charge >= 0.3 is 0 Å². The van der Waals surface area contributed by atoms with Gasteiger partial charge in [-0.25, -0.2) is 0 Å². The lowest BCUT2D eigenvalue weighted by Gasteiger charge is -2.25. The maximum absolute atomic E-state index is 6.18. The number of benzene rings is 2. The van der Waals surface area contributed by atoms with E-state index in [4.69, 9.17) is 27.9 Å². The highest BCUT2D eigenvalue weighted by Gasteiger charge is 2.20. The van der Waals surface area contributed by atoms with E-state index >= 15 is 0 Å². The first kappa shape index (κ1) is 20.3. The van der Waals surface area contributed by atoms with E-state index in [0.29, 0.717) is 23.7 Å². The van der Waals surface area contributed by atoms with Crippen LogP contribution >= 0.6 is 23.2 Å². The van der Waals surface area contributed by atoms with Gasteiger partial charge in [0.1, 0.15) is 0 Å². The second kappa shape index (κ2) is 9.62. The van der Waals surface area contributed by atoms with Gasteiger partial charge in [0.05, 0.1) is 13.2 Å². The van der Waals surface area contributed by atoms with Crippen LogP contribution in [0.3, 0.4) is 0 Å². The number of hydrogen-bond donors (Lipinski definition) is 0. The molecule has 0 heterocycles. The summed E-state index contributed by atoms with van der Waals surface area (Å²) >= 11 is 12.0. The Morgan fingerprint density at radius 3 is 1.24 bits per heavy atom. The minimum atomic E-state index is 0.371. The van der Waals surface area contributed by atoms with Crippen molar-refractivity contribution in [3.63, 3.8) is 0 Å². The van der Waals surface area contributed by atoms with Gasteiger partial charge in [-0.2, -0.15) is 0 Å². The lowest BCUT2D eigenvalue weighted by atomic mass is 9.88. The van der Waals surface area contributed by atoms with Gasteiger partial charge in [-0.1, -0.05) is 75.2 Å². The Morgan fingerprint density at radius 1 is 0.640 bits per heavy atom. The Morgan fingerprint density at radius 2 is 0.960 bits per heavy atom. The minimum absolute atomic E-state index is 0.371. The lowest BCUT2D eigenvalue weighted by molar-refractivity contribution is 0.0867. The first-order valence-corrected chi connectivity index (χ1v) is 9.72. The fourth-order valence-electron chi connectivity index (χ4n) is 3.09. The number of rotatable bonds is 8. The van der Waals surface area contributed by atoms with Gasteiger partial charge in [-0.05, 0) is 47.2 Å². The highest BCUT2D eigenvalue weighted by atomic mass is 35.5. The van der Waals surface area contributed by atoms with Gasteiger partial charge in [0.2, 0.25) is 0 Å². The Labute approximate surface area is 162 Å². The molecular weight excluding hydrogens is 351 g/mol. The largest absolute Gasteiger partial charge is 0.380 e. The zero-order valence-electron chi connectivity index (χ0n) is 15.5. The monoisotopic (exact) mass is 378 g/mol. The molecule has 0 saturated carbocycles. The molecule has 136 valence electrons. The van der Waals surface area contributed by atoms with E-state index in [1.54, 1.807) is 0 Å². The molecule has 0 amide bonds. The SMILES string of the molecule is CC(C)C(COCC(c1ccc(Cl)cc1)C(C)C)c1ccc(Cl)cc1. The summed E-state index contributed by atoms with van der Waals surface area (Å²) in [5, 5.41) is 1.55. The van der Waals surface area contributed by atoms with Crippen LogP contribution < -0.4 is 0 Å². The molecule has 2 aromatic carbocycles. The number of halogens is 2. The maximum Gasteiger partial charge on any atom is 0.0537 e. The topological polar surface area (TPSA) is 9.23 Å². The van der Waals surface area contributed by atoms with E-state index < -0.39 is 0 Å². The molecule has 0 N–H and O–H groups in total. The molecule has 0 aliphatic heterocycles. The summed E-state index contributed by atoms with van der Waals surface area (Å²) in [5.41, 5.74) is 2.57. The van der Waals surface area contributed by atoms with Crippen molar-refractivity contribution in [2.75, 3.05) is 13.2 Å². The second-order valence-electron chi connectivity index (χ2n) is 7.34. The van der Waals surface area contributed by atoms with Crippen LogP contribution in [0.2, 0.25) is 10.0 Å². The number of hydrogen-bond acceptors (Lipinski definition) is 1. The highest BCUT2D eigenvalue weighted by Crippen LogP contribution is 2.29. The van der Waals surface area contributed by atoms with Crippen LogP contribution in [0, 0.1) is 11.8 Å². The Hall–Kier alpha value is -1.02. The van der Waals surface area contributed by atoms with Crippen LogP contribution in [0.25, 0.3) is 0 Å². The molecular formula is C22H28Cl2O. The molecule has 1 nitrogen and oxygen atoms in total. The normalized spacial score (nSPS) is 14.1. The third-order valence-corrected chi connectivity index (χ3v) is 5.30. The second-order valence-corrected chi connectivity index (χ2v) is 8.21. The van der Waals surface area contributed by atoms with Crippen LogP contribution in [0.4, 0.5) is 0 Å². The van der Waals surface area contributed by atoms with Crippen LogP contribution in [-0.4, -0.2) is 13.2 Å².